The first-order valence-electron chi connectivity index (χ1n) is 12.1. The minimum atomic E-state index is -0.805. The number of ether oxygens (including phenoxy) is 2. The van der Waals surface area contributed by atoms with Crippen LogP contribution >= 0.6 is 0 Å². The second kappa shape index (κ2) is 11.5. The van der Waals surface area contributed by atoms with Crippen molar-refractivity contribution < 1.29 is 28.6 Å². The van der Waals surface area contributed by atoms with E-state index in [1.807, 2.05) is 6.92 Å². The topological polar surface area (TPSA) is 79.3 Å². The molecule has 1 N–H and O–H groups in total. The molecule has 0 spiro atoms. The van der Waals surface area contributed by atoms with E-state index in [4.69, 9.17) is 9.47 Å². The second-order valence-electron chi connectivity index (χ2n) is 8.73. The number of carbonyl (C=O) groups excluding carboxylic acids is 2. The Morgan fingerprint density at radius 2 is 1.86 bits per heavy atom. The maximum Gasteiger partial charge on any atom is 0.295 e. The molecule has 186 valence electrons. The van der Waals surface area contributed by atoms with Crippen molar-refractivity contribution in [1.29, 1.82) is 0 Å². The van der Waals surface area contributed by atoms with E-state index in [0.717, 1.165) is 26.1 Å². The fourth-order valence-corrected chi connectivity index (χ4v) is 4.50. The zero-order valence-electron chi connectivity index (χ0n) is 19.9. The Hall–Kier alpha value is -3.23. The molecule has 2 saturated heterocycles. The molecule has 0 saturated carbocycles. The van der Waals surface area contributed by atoms with Gasteiger partial charge in [-0.1, -0.05) is 31.2 Å². The summed E-state index contributed by atoms with van der Waals surface area (Å²) in [5, 5.41) is 11.2. The molecule has 7 nitrogen and oxygen atoms in total. The smallest absolute Gasteiger partial charge is 0.295 e. The van der Waals surface area contributed by atoms with Crippen LogP contribution in [-0.4, -0.2) is 72.6 Å². The highest BCUT2D eigenvalue weighted by Crippen LogP contribution is 2.39. The molecule has 0 radical (unpaired) electrons. The minimum absolute atomic E-state index is 0.000576. The molecule has 2 aliphatic rings. The van der Waals surface area contributed by atoms with Gasteiger partial charge in [0, 0.05) is 31.7 Å². The molecule has 1 atom stereocenters. The van der Waals surface area contributed by atoms with Crippen LogP contribution in [0.4, 0.5) is 4.39 Å². The van der Waals surface area contributed by atoms with Crippen molar-refractivity contribution in [2.75, 3.05) is 46.0 Å². The summed E-state index contributed by atoms with van der Waals surface area (Å²) in [6.45, 7) is 6.63. The van der Waals surface area contributed by atoms with Gasteiger partial charge in [-0.15, -0.1) is 0 Å². The van der Waals surface area contributed by atoms with E-state index in [1.165, 1.54) is 17.0 Å². The monoisotopic (exact) mass is 482 g/mol. The predicted octanol–water partition coefficient (Wildman–Crippen LogP) is 3.76. The summed E-state index contributed by atoms with van der Waals surface area (Å²) in [7, 11) is 0. The number of carbonyl (C=O) groups is 2. The van der Waals surface area contributed by atoms with Crippen LogP contribution in [0.5, 0.6) is 5.75 Å². The number of Topliss-reactive ketones (excluding diaryl/α,β-unsaturated/α-hetero) is 1. The summed E-state index contributed by atoms with van der Waals surface area (Å²) >= 11 is 0. The summed E-state index contributed by atoms with van der Waals surface area (Å²) in [5.41, 5.74) is 0.953. The quantitative estimate of drug-likeness (QED) is 0.333. The summed E-state index contributed by atoms with van der Waals surface area (Å²) in [6.07, 6.45) is 1.49. The van der Waals surface area contributed by atoms with E-state index in [9.17, 15) is 19.1 Å². The largest absolute Gasteiger partial charge is 0.507 e. The molecule has 35 heavy (non-hydrogen) atoms. The average molecular weight is 483 g/mol. The molecule has 2 aliphatic heterocycles. The van der Waals surface area contributed by atoms with E-state index in [0.29, 0.717) is 49.7 Å². The number of aliphatic hydroxyl groups is 1. The van der Waals surface area contributed by atoms with E-state index in [2.05, 4.69) is 4.90 Å². The molecule has 2 heterocycles. The lowest BCUT2D eigenvalue weighted by molar-refractivity contribution is -0.140. The van der Waals surface area contributed by atoms with Crippen LogP contribution < -0.4 is 4.74 Å². The molecule has 1 unspecified atom stereocenters. The zero-order valence-corrected chi connectivity index (χ0v) is 19.9. The molecule has 0 aromatic heterocycles. The number of benzene rings is 2. The highest BCUT2D eigenvalue weighted by molar-refractivity contribution is 6.46. The maximum atomic E-state index is 13.7. The van der Waals surface area contributed by atoms with Crippen LogP contribution in [0, 0.1) is 5.82 Å². The number of hydrogen-bond acceptors (Lipinski definition) is 6. The number of amides is 1. The van der Waals surface area contributed by atoms with Crippen molar-refractivity contribution in [2.45, 2.75) is 25.8 Å². The number of halogens is 1. The number of hydrogen-bond donors (Lipinski definition) is 1. The van der Waals surface area contributed by atoms with Gasteiger partial charge < -0.3 is 19.5 Å². The number of ketones is 1. The van der Waals surface area contributed by atoms with Gasteiger partial charge in [0.15, 0.2) is 0 Å². The van der Waals surface area contributed by atoms with Gasteiger partial charge >= 0.3 is 0 Å². The number of morpholine rings is 1. The van der Waals surface area contributed by atoms with Crippen molar-refractivity contribution in [1.82, 2.24) is 9.80 Å². The van der Waals surface area contributed by atoms with Gasteiger partial charge in [0.05, 0.1) is 31.4 Å². The Bertz CT molecular complexity index is 1080. The maximum absolute atomic E-state index is 13.7. The lowest BCUT2D eigenvalue weighted by Crippen LogP contribution is -2.38. The van der Waals surface area contributed by atoms with Crippen LogP contribution in [0.3, 0.4) is 0 Å². The van der Waals surface area contributed by atoms with Gasteiger partial charge in [0.25, 0.3) is 11.7 Å². The van der Waals surface area contributed by atoms with Crippen molar-refractivity contribution in [3.05, 3.63) is 71.0 Å². The van der Waals surface area contributed by atoms with Crippen LogP contribution in [0.2, 0.25) is 0 Å². The Balaban J connectivity index is 1.65. The Labute approximate surface area is 204 Å². The average Bonchev–Trinajstić information content (AvgIpc) is 3.13. The highest BCUT2D eigenvalue weighted by Gasteiger charge is 2.45. The Morgan fingerprint density at radius 3 is 2.57 bits per heavy atom. The molecule has 4 rings (SSSR count). The van der Waals surface area contributed by atoms with Crippen LogP contribution in [0.25, 0.3) is 5.76 Å². The van der Waals surface area contributed by atoms with Gasteiger partial charge in [-0.25, -0.2) is 4.39 Å². The molecule has 1 amide bonds. The third-order valence-electron chi connectivity index (χ3n) is 6.28. The van der Waals surface area contributed by atoms with E-state index >= 15 is 0 Å². The molecule has 0 bridgehead atoms. The van der Waals surface area contributed by atoms with Crippen molar-refractivity contribution in [3.63, 3.8) is 0 Å². The second-order valence-corrected chi connectivity index (χ2v) is 8.73. The summed E-state index contributed by atoms with van der Waals surface area (Å²) < 4.78 is 24.7. The van der Waals surface area contributed by atoms with E-state index in [-0.39, 0.29) is 11.3 Å². The van der Waals surface area contributed by atoms with E-state index in [1.54, 1.807) is 36.4 Å². The number of rotatable bonds is 9. The SMILES string of the molecule is CCCOc1cccc(C(O)=C2C(=O)C(=O)N(CCCN3CCOCC3)C2c2ccc(F)cc2)c1. The first-order valence-corrected chi connectivity index (χ1v) is 12.1. The molecule has 8 heteroatoms. The fraction of sp³-hybridized carbons (Fsp3) is 0.407. The highest BCUT2D eigenvalue weighted by atomic mass is 19.1. The molecule has 2 aromatic carbocycles. The van der Waals surface area contributed by atoms with Gasteiger partial charge in [-0.3, -0.25) is 14.5 Å². The summed E-state index contributed by atoms with van der Waals surface area (Å²) in [4.78, 5) is 30.0. The number of aliphatic hydroxyl groups excluding tert-OH is 1. The Kier molecular flexibility index (Phi) is 8.15. The van der Waals surface area contributed by atoms with Crippen LogP contribution in [0.15, 0.2) is 54.1 Å². The molecular formula is C27H31FN2O5. The van der Waals surface area contributed by atoms with E-state index < -0.39 is 23.5 Å². The van der Waals surface area contributed by atoms with Gasteiger partial charge in [-0.2, -0.15) is 0 Å². The number of nitrogens with zero attached hydrogens (tertiary/aromatic N) is 2. The third kappa shape index (κ3) is 5.71. The van der Waals surface area contributed by atoms with Gasteiger partial charge in [-0.05, 0) is 42.7 Å². The van der Waals surface area contributed by atoms with Crippen molar-refractivity contribution in [3.8, 4) is 5.75 Å². The molecule has 2 fully saturated rings. The lowest BCUT2D eigenvalue weighted by atomic mass is 9.95. The standard InChI is InChI=1S/C27H31FN2O5/c1-2-15-35-22-6-3-5-20(18-22)25(31)23-24(19-7-9-21(28)10-8-19)30(27(33)26(23)32)12-4-11-29-13-16-34-17-14-29/h3,5-10,18,24,31H,2,4,11-17H2,1H3. The van der Waals surface area contributed by atoms with Crippen LogP contribution in [-0.2, 0) is 14.3 Å². The fourth-order valence-electron chi connectivity index (χ4n) is 4.50. The van der Waals surface area contributed by atoms with Gasteiger partial charge in [0.1, 0.15) is 17.3 Å². The van der Waals surface area contributed by atoms with Gasteiger partial charge in [0.2, 0.25) is 0 Å². The molecular weight excluding hydrogens is 451 g/mol. The predicted molar refractivity (Wildman–Crippen MR) is 130 cm³/mol. The molecule has 2 aromatic rings. The first kappa shape index (κ1) is 24.9. The normalized spacial score (nSPS) is 20.4. The third-order valence-corrected chi connectivity index (χ3v) is 6.28. The summed E-state index contributed by atoms with van der Waals surface area (Å²) in [5.74, 6) is -1.53. The minimum Gasteiger partial charge on any atom is -0.507 e. The van der Waals surface area contributed by atoms with Crippen molar-refractivity contribution >= 4 is 17.4 Å². The van der Waals surface area contributed by atoms with Crippen LogP contribution in [0.1, 0.15) is 36.9 Å². The molecule has 0 aliphatic carbocycles. The summed E-state index contributed by atoms with van der Waals surface area (Å²) in [6, 6.07) is 11.7. The zero-order chi connectivity index (χ0) is 24.8. The number of likely N-dealkylation sites (tertiary alicyclic amines) is 1. The Morgan fingerprint density at radius 1 is 1.11 bits per heavy atom. The van der Waals surface area contributed by atoms with Crippen molar-refractivity contribution in [2.24, 2.45) is 0 Å². The lowest BCUT2D eigenvalue weighted by Gasteiger charge is -2.29. The first-order chi connectivity index (χ1) is 17.0.